The highest BCUT2D eigenvalue weighted by Crippen LogP contribution is 1.95. The summed E-state index contributed by atoms with van der Waals surface area (Å²) in [7, 11) is 0. The van der Waals surface area contributed by atoms with E-state index in [1.165, 1.54) is 0 Å². The fourth-order valence-electron chi connectivity index (χ4n) is 0.947. The summed E-state index contributed by atoms with van der Waals surface area (Å²) in [6.45, 7) is 6.64. The van der Waals surface area contributed by atoms with Gasteiger partial charge in [0.1, 0.15) is 0 Å². The van der Waals surface area contributed by atoms with Crippen LogP contribution in [0.3, 0.4) is 0 Å². The predicted molar refractivity (Wildman–Crippen MR) is 57.9 cm³/mol. The van der Waals surface area contributed by atoms with Crippen molar-refractivity contribution in [1.29, 1.82) is 0 Å². The Balaban J connectivity index is 2.99. The second-order valence-corrected chi connectivity index (χ2v) is 3.88. The molecule has 0 bridgehead atoms. The first kappa shape index (κ1) is 13.8. The molecule has 0 aromatic rings. The van der Waals surface area contributed by atoms with Crippen molar-refractivity contribution in [3.63, 3.8) is 0 Å². The normalized spacial score (nSPS) is 12.0. The molecule has 0 unspecified atom stereocenters. The van der Waals surface area contributed by atoms with Crippen molar-refractivity contribution in [3.05, 3.63) is 0 Å². The maximum absolute atomic E-state index is 5.54. The first-order valence-corrected chi connectivity index (χ1v) is 5.29. The Morgan fingerprint density at radius 3 is 2.07 bits per heavy atom. The summed E-state index contributed by atoms with van der Waals surface area (Å²) in [5.41, 5.74) is 10.4. The molecule has 0 fully saturated rings. The van der Waals surface area contributed by atoms with Crippen LogP contribution >= 0.6 is 0 Å². The lowest BCUT2D eigenvalue weighted by atomic mass is 10.3. The Labute approximate surface area is 86.9 Å². The van der Waals surface area contributed by atoms with Gasteiger partial charge in [0.2, 0.25) is 0 Å². The monoisotopic (exact) mass is 204 g/mol. The van der Waals surface area contributed by atoms with Gasteiger partial charge in [0.05, 0.1) is 12.3 Å². The Morgan fingerprint density at radius 2 is 1.57 bits per heavy atom. The van der Waals surface area contributed by atoms with Gasteiger partial charge in [0.25, 0.3) is 0 Å². The summed E-state index contributed by atoms with van der Waals surface area (Å²) in [4.78, 5) is 0. The maximum atomic E-state index is 5.54. The van der Waals surface area contributed by atoms with Crippen LogP contribution in [0.5, 0.6) is 0 Å². The number of ether oxygens (including phenoxy) is 2. The van der Waals surface area contributed by atoms with Gasteiger partial charge in [-0.1, -0.05) is 6.92 Å². The highest BCUT2D eigenvalue weighted by molar-refractivity contribution is 4.67. The van der Waals surface area contributed by atoms with Crippen LogP contribution in [0.25, 0.3) is 0 Å². The van der Waals surface area contributed by atoms with Crippen LogP contribution in [-0.4, -0.2) is 32.1 Å². The fourth-order valence-corrected chi connectivity index (χ4v) is 0.947. The van der Waals surface area contributed by atoms with Crippen LogP contribution in [0.1, 0.15) is 33.1 Å². The summed E-state index contributed by atoms with van der Waals surface area (Å²) < 4.78 is 10.6. The molecule has 0 amide bonds. The first-order chi connectivity index (χ1) is 6.56. The van der Waals surface area contributed by atoms with Crippen molar-refractivity contribution in [2.75, 3.05) is 26.4 Å². The van der Waals surface area contributed by atoms with Crippen molar-refractivity contribution in [2.24, 2.45) is 11.5 Å². The molecule has 0 aliphatic rings. The van der Waals surface area contributed by atoms with Crippen LogP contribution in [0.15, 0.2) is 0 Å². The Bertz CT molecular complexity index is 124. The number of hydrogen-bond acceptors (Lipinski definition) is 4. The second-order valence-electron chi connectivity index (χ2n) is 3.88. The molecule has 4 nitrogen and oxygen atoms in total. The van der Waals surface area contributed by atoms with Gasteiger partial charge >= 0.3 is 0 Å². The average molecular weight is 204 g/mol. The number of hydrogen-bond donors (Lipinski definition) is 2. The summed E-state index contributed by atoms with van der Waals surface area (Å²) in [5, 5.41) is 0. The topological polar surface area (TPSA) is 70.5 Å². The Hall–Kier alpha value is -0.160. The molecule has 0 saturated carbocycles. The number of unbranched alkanes of at least 4 members (excludes halogenated alkanes) is 1. The van der Waals surface area contributed by atoms with Crippen LogP contribution in [-0.2, 0) is 9.47 Å². The predicted octanol–water partition coefficient (Wildman–Crippen LogP) is 0.843. The van der Waals surface area contributed by atoms with E-state index < -0.39 is 5.66 Å². The van der Waals surface area contributed by atoms with Gasteiger partial charge < -0.3 is 20.9 Å². The third-order valence-corrected chi connectivity index (χ3v) is 1.59. The van der Waals surface area contributed by atoms with Gasteiger partial charge in [0, 0.05) is 19.8 Å². The van der Waals surface area contributed by atoms with E-state index in [1.807, 2.05) is 0 Å². The van der Waals surface area contributed by atoms with Crippen molar-refractivity contribution in [2.45, 2.75) is 38.8 Å². The quantitative estimate of drug-likeness (QED) is 0.431. The lowest BCUT2D eigenvalue weighted by Crippen LogP contribution is -2.50. The standard InChI is InChI=1S/C10H24N2O2/c1-3-6-13-7-4-5-8-14-9-10(2,11)12/h3-9,11-12H2,1-2H3. The minimum atomic E-state index is -0.710. The third kappa shape index (κ3) is 11.8. The second kappa shape index (κ2) is 8.17. The largest absolute Gasteiger partial charge is 0.381 e. The number of rotatable bonds is 9. The van der Waals surface area contributed by atoms with Gasteiger partial charge in [-0.15, -0.1) is 0 Å². The van der Waals surface area contributed by atoms with Gasteiger partial charge in [0.15, 0.2) is 0 Å². The molecule has 0 atom stereocenters. The zero-order valence-corrected chi connectivity index (χ0v) is 9.42. The molecule has 4 heteroatoms. The Kier molecular flexibility index (Phi) is 8.08. The summed E-state index contributed by atoms with van der Waals surface area (Å²) in [6, 6.07) is 0. The maximum Gasteiger partial charge on any atom is 0.0848 e. The number of nitrogens with two attached hydrogens (primary N) is 2. The fraction of sp³-hybridized carbons (Fsp3) is 1.00. The molecule has 0 aliphatic carbocycles. The van der Waals surface area contributed by atoms with E-state index in [-0.39, 0.29) is 0 Å². The molecule has 0 aromatic heterocycles. The zero-order valence-electron chi connectivity index (χ0n) is 9.42. The van der Waals surface area contributed by atoms with Gasteiger partial charge in [-0.05, 0) is 26.2 Å². The lowest BCUT2D eigenvalue weighted by molar-refractivity contribution is 0.0790. The zero-order chi connectivity index (χ0) is 10.9. The summed E-state index contributed by atoms with van der Waals surface area (Å²) in [5.74, 6) is 0. The van der Waals surface area contributed by atoms with Crippen LogP contribution in [0, 0.1) is 0 Å². The molecule has 14 heavy (non-hydrogen) atoms. The molecular weight excluding hydrogens is 180 g/mol. The van der Waals surface area contributed by atoms with Gasteiger partial charge in [-0.25, -0.2) is 0 Å². The average Bonchev–Trinajstić information content (AvgIpc) is 2.08. The molecule has 4 N–H and O–H groups in total. The van der Waals surface area contributed by atoms with E-state index >= 15 is 0 Å². The van der Waals surface area contributed by atoms with Gasteiger partial charge in [-0.3, -0.25) is 0 Å². The van der Waals surface area contributed by atoms with Crippen molar-refractivity contribution in [3.8, 4) is 0 Å². The third-order valence-electron chi connectivity index (χ3n) is 1.59. The molecule has 0 saturated heterocycles. The lowest BCUT2D eigenvalue weighted by Gasteiger charge is -2.18. The van der Waals surface area contributed by atoms with Crippen LogP contribution < -0.4 is 11.5 Å². The molecule has 0 radical (unpaired) electrons. The molecule has 0 aromatic carbocycles. The van der Waals surface area contributed by atoms with E-state index in [9.17, 15) is 0 Å². The smallest absolute Gasteiger partial charge is 0.0848 e. The highest BCUT2D eigenvalue weighted by atomic mass is 16.5. The van der Waals surface area contributed by atoms with Crippen molar-refractivity contribution < 1.29 is 9.47 Å². The molecule has 0 rings (SSSR count). The minimum absolute atomic E-state index is 0.406. The summed E-state index contributed by atoms with van der Waals surface area (Å²) >= 11 is 0. The van der Waals surface area contributed by atoms with E-state index in [0.29, 0.717) is 13.2 Å². The van der Waals surface area contributed by atoms with E-state index in [4.69, 9.17) is 20.9 Å². The Morgan fingerprint density at radius 1 is 1.00 bits per heavy atom. The van der Waals surface area contributed by atoms with Crippen LogP contribution in [0.2, 0.25) is 0 Å². The SMILES string of the molecule is CCCOCCCCOCC(C)(N)N. The molecule has 0 spiro atoms. The molecule has 0 heterocycles. The van der Waals surface area contributed by atoms with Crippen LogP contribution in [0.4, 0.5) is 0 Å². The summed E-state index contributed by atoms with van der Waals surface area (Å²) in [6.07, 6.45) is 3.11. The van der Waals surface area contributed by atoms with E-state index in [0.717, 1.165) is 32.5 Å². The molecule has 86 valence electrons. The molecule has 0 aliphatic heterocycles. The van der Waals surface area contributed by atoms with Crippen molar-refractivity contribution in [1.82, 2.24) is 0 Å². The minimum Gasteiger partial charge on any atom is -0.381 e. The van der Waals surface area contributed by atoms with E-state index in [1.54, 1.807) is 6.92 Å². The first-order valence-electron chi connectivity index (χ1n) is 5.29. The molecular formula is C10H24N2O2. The van der Waals surface area contributed by atoms with E-state index in [2.05, 4.69) is 6.92 Å². The van der Waals surface area contributed by atoms with Gasteiger partial charge in [-0.2, -0.15) is 0 Å². The highest BCUT2D eigenvalue weighted by Gasteiger charge is 2.09. The van der Waals surface area contributed by atoms with Crippen molar-refractivity contribution >= 4 is 0 Å².